The lowest BCUT2D eigenvalue weighted by atomic mass is 9.33. The van der Waals surface area contributed by atoms with Crippen molar-refractivity contribution in [1.82, 2.24) is 0 Å². The normalized spacial score (nSPS) is 46.7. The van der Waals surface area contributed by atoms with Gasteiger partial charge in [-0.2, -0.15) is 0 Å². The molecule has 0 unspecified atom stereocenters. The molecule has 4 saturated carbocycles. The van der Waals surface area contributed by atoms with Crippen LogP contribution in [-0.4, -0.2) is 37.5 Å². The second kappa shape index (κ2) is 9.92. The van der Waals surface area contributed by atoms with Gasteiger partial charge < -0.3 is 15.2 Å². The van der Waals surface area contributed by atoms with Gasteiger partial charge in [-0.3, -0.25) is 14.4 Å². The summed E-state index contributed by atoms with van der Waals surface area (Å²) in [4.78, 5) is 40.1. The van der Waals surface area contributed by atoms with Crippen molar-refractivity contribution in [2.75, 3.05) is 13.7 Å². The Morgan fingerprint density at radius 1 is 0.951 bits per heavy atom. The number of nitrogens with two attached hydrogens (primary N) is 1. The van der Waals surface area contributed by atoms with Gasteiger partial charge in [0, 0.05) is 17.8 Å². The van der Waals surface area contributed by atoms with E-state index in [0.29, 0.717) is 25.3 Å². The Balaban J connectivity index is 1.50. The van der Waals surface area contributed by atoms with E-state index in [9.17, 15) is 14.4 Å². The van der Waals surface area contributed by atoms with E-state index in [1.165, 1.54) is 12.7 Å². The van der Waals surface area contributed by atoms with Crippen LogP contribution >= 0.6 is 0 Å². The Kier molecular flexibility index (Phi) is 7.44. The number of rotatable bonds is 5. The van der Waals surface area contributed by atoms with E-state index in [4.69, 9.17) is 15.2 Å². The minimum absolute atomic E-state index is 0.0596. The number of esters is 2. The first-order valence-electron chi connectivity index (χ1n) is 16.3. The van der Waals surface area contributed by atoms with Gasteiger partial charge in [0.15, 0.2) is 5.78 Å². The molecule has 0 aromatic heterocycles. The molecular formula is C35H55NO5. The van der Waals surface area contributed by atoms with Gasteiger partial charge in [-0.1, -0.05) is 47.1 Å². The minimum atomic E-state index is -0.507. The quantitative estimate of drug-likeness (QED) is 0.366. The van der Waals surface area contributed by atoms with Crippen LogP contribution in [0.15, 0.2) is 11.6 Å². The molecule has 4 fully saturated rings. The van der Waals surface area contributed by atoms with E-state index in [0.717, 1.165) is 57.8 Å². The van der Waals surface area contributed by atoms with Crippen LogP contribution in [0, 0.1) is 50.2 Å². The number of methoxy groups -OCH3 is 1. The first-order valence-corrected chi connectivity index (χ1v) is 16.3. The Morgan fingerprint density at radius 2 is 1.63 bits per heavy atom. The molecule has 2 N–H and O–H groups in total. The molecular weight excluding hydrogens is 514 g/mol. The topological polar surface area (TPSA) is 95.7 Å². The zero-order valence-electron chi connectivity index (χ0n) is 27.0. The van der Waals surface area contributed by atoms with Crippen molar-refractivity contribution < 1.29 is 23.9 Å². The first-order chi connectivity index (χ1) is 19.0. The Labute approximate surface area is 247 Å². The highest BCUT2D eigenvalue weighted by molar-refractivity contribution is 5.95. The average molecular weight is 570 g/mol. The number of ether oxygens (including phenoxy) is 2. The van der Waals surface area contributed by atoms with E-state index >= 15 is 0 Å². The van der Waals surface area contributed by atoms with Gasteiger partial charge in [0.2, 0.25) is 0 Å². The standard InChI is InChI=1S/C35H55NO5/c1-30(2)25-11-14-35(7)28(33(25,5)13-12-26(30)41-27(38)10-9-19-36)24(37)20-22-23-21-32(4,29(39)40-8)16-15-31(23,3)17-18-34(22,35)6/h20,23,25-26,28H,9-19,21,36H2,1-8H3/t23-,25-,26-,28+,31+,32-,33-,34+,35+/m0/s1. The summed E-state index contributed by atoms with van der Waals surface area (Å²) in [6.07, 6.45) is 11.5. The van der Waals surface area contributed by atoms with Crippen LogP contribution in [0.25, 0.3) is 0 Å². The number of hydrogen-bond donors (Lipinski definition) is 1. The SMILES string of the molecule is COC(=O)[C@@]1(C)CC[C@]2(C)CC[C@]3(C)C(=CC(=O)[C@@H]4[C@@]5(C)CC[C@H](OC(=O)CCCN)C(C)(C)[C@@H]5CC[C@]43C)[C@@H]2C1. The number of carbonyl (C=O) groups excluding carboxylic acids is 3. The summed E-state index contributed by atoms with van der Waals surface area (Å²) in [6.45, 7) is 16.7. The highest BCUT2D eigenvalue weighted by Crippen LogP contribution is 2.75. The van der Waals surface area contributed by atoms with Crippen molar-refractivity contribution in [2.45, 2.75) is 125 Å². The molecule has 0 radical (unpaired) electrons. The fourth-order valence-electron chi connectivity index (χ4n) is 11.3. The molecule has 6 nitrogen and oxygen atoms in total. The molecule has 0 bridgehead atoms. The molecule has 0 saturated heterocycles. The van der Waals surface area contributed by atoms with Gasteiger partial charge in [0.1, 0.15) is 6.10 Å². The van der Waals surface area contributed by atoms with Gasteiger partial charge >= 0.3 is 11.9 Å². The van der Waals surface area contributed by atoms with Gasteiger partial charge in [0.25, 0.3) is 0 Å². The Morgan fingerprint density at radius 3 is 2.29 bits per heavy atom. The van der Waals surface area contributed by atoms with Crippen molar-refractivity contribution >= 4 is 17.7 Å². The third-order valence-electron chi connectivity index (χ3n) is 14.1. The summed E-state index contributed by atoms with van der Waals surface area (Å²) >= 11 is 0. The average Bonchev–Trinajstić information content (AvgIpc) is 2.90. The predicted octanol–water partition coefficient (Wildman–Crippen LogP) is 6.79. The number of carbonyl (C=O) groups is 3. The third-order valence-corrected chi connectivity index (χ3v) is 14.1. The van der Waals surface area contributed by atoms with Gasteiger partial charge in [0.05, 0.1) is 12.5 Å². The van der Waals surface area contributed by atoms with E-state index in [1.54, 1.807) is 0 Å². The minimum Gasteiger partial charge on any atom is -0.469 e. The molecule has 5 aliphatic carbocycles. The summed E-state index contributed by atoms with van der Waals surface area (Å²) in [5, 5.41) is 0. The number of allylic oxidation sites excluding steroid dienone is 2. The van der Waals surface area contributed by atoms with Crippen molar-refractivity contribution in [1.29, 1.82) is 0 Å². The third kappa shape index (κ3) is 4.31. The van der Waals surface area contributed by atoms with Crippen LogP contribution in [0.2, 0.25) is 0 Å². The smallest absolute Gasteiger partial charge is 0.311 e. The maximum Gasteiger partial charge on any atom is 0.311 e. The molecule has 41 heavy (non-hydrogen) atoms. The van der Waals surface area contributed by atoms with Crippen LogP contribution in [0.1, 0.15) is 119 Å². The lowest BCUT2D eigenvalue weighted by Gasteiger charge is -2.70. The highest BCUT2D eigenvalue weighted by Gasteiger charge is 2.70. The zero-order valence-corrected chi connectivity index (χ0v) is 27.0. The molecule has 0 aromatic carbocycles. The van der Waals surface area contributed by atoms with Crippen LogP contribution in [0.3, 0.4) is 0 Å². The molecule has 0 aromatic rings. The monoisotopic (exact) mass is 569 g/mol. The molecule has 9 atom stereocenters. The lowest BCUT2D eigenvalue weighted by molar-refractivity contribution is -0.211. The fraction of sp³-hybridized carbons (Fsp3) is 0.857. The first kappa shape index (κ1) is 30.8. The fourth-order valence-corrected chi connectivity index (χ4v) is 11.3. The second-order valence-electron chi connectivity index (χ2n) is 16.5. The summed E-state index contributed by atoms with van der Waals surface area (Å²) in [7, 11) is 1.50. The van der Waals surface area contributed by atoms with Crippen molar-refractivity contribution in [2.24, 2.45) is 56.0 Å². The van der Waals surface area contributed by atoms with Crippen molar-refractivity contribution in [3.63, 3.8) is 0 Å². The molecule has 0 spiro atoms. The van der Waals surface area contributed by atoms with Crippen LogP contribution in [0.4, 0.5) is 0 Å². The maximum atomic E-state index is 14.5. The summed E-state index contributed by atoms with van der Waals surface area (Å²) in [5.41, 5.74) is 5.92. The molecule has 6 heteroatoms. The van der Waals surface area contributed by atoms with Crippen LogP contribution in [0.5, 0.6) is 0 Å². The molecule has 5 aliphatic rings. The zero-order chi connectivity index (χ0) is 30.2. The van der Waals surface area contributed by atoms with Gasteiger partial charge in [-0.15, -0.1) is 0 Å². The molecule has 5 rings (SSSR count). The molecule has 0 amide bonds. The van der Waals surface area contributed by atoms with Crippen LogP contribution < -0.4 is 5.73 Å². The maximum absolute atomic E-state index is 14.5. The predicted molar refractivity (Wildman–Crippen MR) is 160 cm³/mol. The van der Waals surface area contributed by atoms with Crippen LogP contribution in [-0.2, 0) is 23.9 Å². The van der Waals surface area contributed by atoms with Crippen molar-refractivity contribution in [3.05, 3.63) is 11.6 Å². The number of ketones is 1. The van der Waals surface area contributed by atoms with Gasteiger partial charge in [-0.05, 0) is 117 Å². The Hall–Kier alpha value is -1.69. The summed E-state index contributed by atoms with van der Waals surface area (Å²) < 4.78 is 11.4. The molecule has 0 heterocycles. The van der Waals surface area contributed by atoms with E-state index in [2.05, 4.69) is 54.5 Å². The summed E-state index contributed by atoms with van der Waals surface area (Å²) in [5.74, 6) is 0.471. The largest absolute Gasteiger partial charge is 0.469 e. The molecule has 0 aliphatic heterocycles. The van der Waals surface area contributed by atoms with E-state index < -0.39 is 5.41 Å². The number of hydrogen-bond acceptors (Lipinski definition) is 6. The Bertz CT molecular complexity index is 1140. The van der Waals surface area contributed by atoms with Crippen molar-refractivity contribution in [3.8, 4) is 0 Å². The lowest BCUT2D eigenvalue weighted by Crippen LogP contribution is -2.66. The second-order valence-corrected chi connectivity index (χ2v) is 16.5. The van der Waals surface area contributed by atoms with Gasteiger partial charge in [-0.25, -0.2) is 0 Å². The van der Waals surface area contributed by atoms with E-state index in [-0.39, 0.29) is 62.7 Å². The van der Waals surface area contributed by atoms with E-state index in [1.807, 2.05) is 0 Å². The number of fused-ring (bicyclic) bond motifs is 7. The highest BCUT2D eigenvalue weighted by atomic mass is 16.5. The summed E-state index contributed by atoms with van der Waals surface area (Å²) in [6, 6.07) is 0. The molecule has 230 valence electrons.